The molecule has 0 aliphatic rings. The van der Waals surface area contributed by atoms with Gasteiger partial charge < -0.3 is 9.47 Å². The standard InChI is InChI=1S/C26H48O3/c1-3-26(27)29-25-23-21-19-17-15-13-11-9-7-5-6-8-10-12-14-16-18-20-22-24-28-4-2/h3-4H,1-2,5-25H2. The fourth-order valence-corrected chi connectivity index (χ4v) is 3.61. The van der Waals surface area contributed by atoms with E-state index in [2.05, 4.69) is 13.2 Å². The first-order chi connectivity index (χ1) is 14.3. The second-order valence-electron chi connectivity index (χ2n) is 8.13. The van der Waals surface area contributed by atoms with Crippen LogP contribution < -0.4 is 0 Å². The largest absolute Gasteiger partial charge is 0.502 e. The smallest absolute Gasteiger partial charge is 0.330 e. The summed E-state index contributed by atoms with van der Waals surface area (Å²) < 4.78 is 10.1. The minimum atomic E-state index is -0.303. The van der Waals surface area contributed by atoms with Crippen molar-refractivity contribution in [2.24, 2.45) is 0 Å². The van der Waals surface area contributed by atoms with Gasteiger partial charge in [-0.3, -0.25) is 0 Å². The van der Waals surface area contributed by atoms with Crippen molar-refractivity contribution in [1.82, 2.24) is 0 Å². The third-order valence-electron chi connectivity index (χ3n) is 5.44. The molecule has 0 aliphatic carbocycles. The summed E-state index contributed by atoms with van der Waals surface area (Å²) >= 11 is 0. The van der Waals surface area contributed by atoms with Crippen LogP contribution in [0.1, 0.15) is 122 Å². The highest BCUT2D eigenvalue weighted by molar-refractivity contribution is 5.81. The molecule has 0 aromatic rings. The molecule has 3 nitrogen and oxygen atoms in total. The second-order valence-corrected chi connectivity index (χ2v) is 8.13. The predicted molar refractivity (Wildman–Crippen MR) is 125 cm³/mol. The number of unbranched alkanes of at least 4 members (excludes halogenated alkanes) is 18. The van der Waals surface area contributed by atoms with Gasteiger partial charge in [0.05, 0.1) is 19.5 Å². The van der Waals surface area contributed by atoms with E-state index in [0.29, 0.717) is 6.61 Å². The van der Waals surface area contributed by atoms with Crippen molar-refractivity contribution in [2.75, 3.05) is 13.2 Å². The first-order valence-corrected chi connectivity index (χ1v) is 12.3. The molecule has 0 heterocycles. The molecule has 0 saturated heterocycles. The van der Waals surface area contributed by atoms with Crippen LogP contribution in [-0.4, -0.2) is 19.2 Å². The molecule has 0 spiro atoms. The lowest BCUT2D eigenvalue weighted by Crippen LogP contribution is -2.01. The van der Waals surface area contributed by atoms with Crippen molar-refractivity contribution < 1.29 is 14.3 Å². The number of hydrogen-bond donors (Lipinski definition) is 0. The Morgan fingerprint density at radius 3 is 1.14 bits per heavy atom. The van der Waals surface area contributed by atoms with E-state index in [0.717, 1.165) is 19.4 Å². The summed E-state index contributed by atoms with van der Waals surface area (Å²) in [5.74, 6) is -0.303. The minimum Gasteiger partial charge on any atom is -0.502 e. The Morgan fingerprint density at radius 2 is 0.828 bits per heavy atom. The van der Waals surface area contributed by atoms with E-state index in [1.54, 1.807) is 6.26 Å². The lowest BCUT2D eigenvalue weighted by Gasteiger charge is -2.04. The summed E-state index contributed by atoms with van der Waals surface area (Å²) in [6.07, 6.45) is 28.2. The van der Waals surface area contributed by atoms with Crippen LogP contribution in [0.4, 0.5) is 0 Å². The van der Waals surface area contributed by atoms with E-state index in [1.165, 1.54) is 115 Å². The topological polar surface area (TPSA) is 35.5 Å². The van der Waals surface area contributed by atoms with Crippen LogP contribution in [0.3, 0.4) is 0 Å². The van der Waals surface area contributed by atoms with Gasteiger partial charge in [-0.05, 0) is 12.8 Å². The quantitative estimate of drug-likeness (QED) is 0.0697. The van der Waals surface area contributed by atoms with Crippen molar-refractivity contribution >= 4 is 5.97 Å². The molecule has 29 heavy (non-hydrogen) atoms. The SMILES string of the molecule is C=COCCCCCCCCCCCCCCCCCCCCCOC(=O)C=C. The first-order valence-electron chi connectivity index (χ1n) is 12.3. The van der Waals surface area contributed by atoms with Gasteiger partial charge in [-0.1, -0.05) is 122 Å². The van der Waals surface area contributed by atoms with Crippen LogP contribution in [0.5, 0.6) is 0 Å². The second kappa shape index (κ2) is 24.8. The molecule has 3 heteroatoms. The van der Waals surface area contributed by atoms with E-state index in [9.17, 15) is 4.79 Å². The van der Waals surface area contributed by atoms with Crippen molar-refractivity contribution in [3.8, 4) is 0 Å². The lowest BCUT2D eigenvalue weighted by molar-refractivity contribution is -0.137. The predicted octanol–water partition coefficient (Wildman–Crippen LogP) is 8.29. The third-order valence-corrected chi connectivity index (χ3v) is 5.44. The van der Waals surface area contributed by atoms with Crippen LogP contribution in [0.2, 0.25) is 0 Å². The Kier molecular flexibility index (Phi) is 23.7. The number of carbonyl (C=O) groups is 1. The highest BCUT2D eigenvalue weighted by Gasteiger charge is 1.97. The molecule has 0 bridgehead atoms. The zero-order valence-corrected chi connectivity index (χ0v) is 19.1. The van der Waals surface area contributed by atoms with Gasteiger partial charge in [0.1, 0.15) is 0 Å². The fourth-order valence-electron chi connectivity index (χ4n) is 3.61. The summed E-state index contributed by atoms with van der Waals surface area (Å²) in [6, 6.07) is 0. The van der Waals surface area contributed by atoms with E-state index in [4.69, 9.17) is 9.47 Å². The number of rotatable bonds is 24. The zero-order valence-electron chi connectivity index (χ0n) is 19.1. The molecule has 0 N–H and O–H groups in total. The molecule has 0 atom stereocenters. The van der Waals surface area contributed by atoms with Gasteiger partial charge in [-0.15, -0.1) is 0 Å². The maximum Gasteiger partial charge on any atom is 0.330 e. The van der Waals surface area contributed by atoms with E-state index < -0.39 is 0 Å². The summed E-state index contributed by atoms with van der Waals surface area (Å²) in [5, 5.41) is 0. The van der Waals surface area contributed by atoms with Gasteiger partial charge in [-0.25, -0.2) is 4.79 Å². The third kappa shape index (κ3) is 24.7. The van der Waals surface area contributed by atoms with Crippen molar-refractivity contribution in [3.05, 3.63) is 25.5 Å². The molecular weight excluding hydrogens is 360 g/mol. The van der Waals surface area contributed by atoms with E-state index in [-0.39, 0.29) is 5.97 Å². The maximum atomic E-state index is 10.9. The summed E-state index contributed by atoms with van der Waals surface area (Å²) in [6.45, 7) is 8.32. The van der Waals surface area contributed by atoms with Crippen LogP contribution in [-0.2, 0) is 14.3 Å². The average Bonchev–Trinajstić information content (AvgIpc) is 2.74. The molecule has 0 amide bonds. The Hall–Kier alpha value is -1.25. The molecule has 0 radical (unpaired) electrons. The van der Waals surface area contributed by atoms with Gasteiger partial charge in [0, 0.05) is 6.08 Å². The molecule has 0 aromatic carbocycles. The van der Waals surface area contributed by atoms with Gasteiger partial charge >= 0.3 is 5.97 Å². The Labute approximate surface area is 181 Å². The first kappa shape index (κ1) is 27.8. The fraction of sp³-hybridized carbons (Fsp3) is 0.808. The van der Waals surface area contributed by atoms with Crippen molar-refractivity contribution in [1.29, 1.82) is 0 Å². The van der Waals surface area contributed by atoms with Gasteiger partial charge in [0.25, 0.3) is 0 Å². The van der Waals surface area contributed by atoms with E-state index >= 15 is 0 Å². The Morgan fingerprint density at radius 1 is 0.517 bits per heavy atom. The molecular formula is C26H48O3. The lowest BCUT2D eigenvalue weighted by atomic mass is 10.0. The minimum absolute atomic E-state index is 0.303. The molecule has 170 valence electrons. The van der Waals surface area contributed by atoms with Crippen LogP contribution >= 0.6 is 0 Å². The van der Waals surface area contributed by atoms with Crippen LogP contribution in [0.15, 0.2) is 25.5 Å². The molecule has 0 saturated carbocycles. The zero-order chi connectivity index (χ0) is 21.3. The van der Waals surface area contributed by atoms with Gasteiger partial charge in [-0.2, -0.15) is 0 Å². The summed E-state index contributed by atoms with van der Waals surface area (Å²) in [5.41, 5.74) is 0. The molecule has 0 fully saturated rings. The highest BCUT2D eigenvalue weighted by atomic mass is 16.5. The summed E-state index contributed by atoms with van der Waals surface area (Å²) in [7, 11) is 0. The Bertz CT molecular complexity index is 365. The number of hydrogen-bond acceptors (Lipinski definition) is 3. The van der Waals surface area contributed by atoms with E-state index in [1.807, 2.05) is 0 Å². The highest BCUT2D eigenvalue weighted by Crippen LogP contribution is 2.14. The number of carbonyl (C=O) groups excluding carboxylic acids is 1. The van der Waals surface area contributed by atoms with Crippen LogP contribution in [0, 0.1) is 0 Å². The summed E-state index contributed by atoms with van der Waals surface area (Å²) in [4.78, 5) is 10.9. The number of esters is 1. The maximum absolute atomic E-state index is 10.9. The molecule has 0 unspecified atom stereocenters. The molecule has 0 aromatic heterocycles. The van der Waals surface area contributed by atoms with Crippen molar-refractivity contribution in [3.63, 3.8) is 0 Å². The van der Waals surface area contributed by atoms with Gasteiger partial charge in [0.2, 0.25) is 0 Å². The monoisotopic (exact) mass is 408 g/mol. The van der Waals surface area contributed by atoms with Crippen LogP contribution in [0.25, 0.3) is 0 Å². The average molecular weight is 409 g/mol. The van der Waals surface area contributed by atoms with Crippen molar-refractivity contribution in [2.45, 2.75) is 122 Å². The van der Waals surface area contributed by atoms with Gasteiger partial charge in [0.15, 0.2) is 0 Å². The molecule has 0 rings (SSSR count). The molecule has 0 aliphatic heterocycles. The Balaban J connectivity index is 3.02. The number of ether oxygens (including phenoxy) is 2. The normalized spacial score (nSPS) is 10.6.